The van der Waals surface area contributed by atoms with Gasteiger partial charge in [-0.1, -0.05) is 19.3 Å². The van der Waals surface area contributed by atoms with E-state index in [9.17, 15) is 19.2 Å². The number of Topliss-reactive ketones (excluding diaryl/α,β-unsaturated/α-hetero) is 1. The molecule has 12 heteroatoms. The minimum absolute atomic E-state index is 0. The Morgan fingerprint density at radius 1 is 1.00 bits per heavy atom. The van der Waals surface area contributed by atoms with Gasteiger partial charge in [0.25, 0.3) is 5.56 Å². The van der Waals surface area contributed by atoms with Gasteiger partial charge in [-0.25, -0.2) is 9.97 Å². The first kappa shape index (κ1) is 38.4. The van der Waals surface area contributed by atoms with E-state index in [1.54, 1.807) is 29.8 Å². The number of aromatic nitrogens is 4. The summed E-state index contributed by atoms with van der Waals surface area (Å²) in [7, 11) is 0. The average molecular weight is 914 g/mol. The molecule has 11 nitrogen and oxygen atoms in total. The molecule has 1 aliphatic carbocycles. The minimum Gasteiger partial charge on any atom is -0.370 e. The zero-order valence-corrected chi connectivity index (χ0v) is 33.6. The third kappa shape index (κ3) is 8.96. The first-order valence-corrected chi connectivity index (χ1v) is 17.7. The number of pyridine rings is 2. The standard InChI is InChI=1S/C28H35N6O2.C11H10NO2.U/c1-4-7-20-12-14-33(15-13-20)22-10-11-24(29-16-22)31-28-30-17-23-18(2)25(19(3)35)27(36)34(26(23)32-28)21-8-5-6-9-21;13-10-7-6-9(11(14)12-10)8-4-2-1-3-5-8;/h10-11,16-17,20-21H,1,4-9,12-15H2,2-3H3,(H,29,30,31,32);2-5,9H,6-7H2,(H,12,13,14);/q2*-1;+2. The molecule has 5 heterocycles. The van der Waals surface area contributed by atoms with E-state index in [1.165, 1.54) is 26.2 Å². The van der Waals surface area contributed by atoms with Crippen molar-refractivity contribution in [1.29, 1.82) is 0 Å². The van der Waals surface area contributed by atoms with Crippen LogP contribution in [0.2, 0.25) is 0 Å². The molecule has 0 radical (unpaired) electrons. The molecule has 2 aliphatic heterocycles. The number of hydrogen-bond acceptors (Lipinski definition) is 9. The molecule has 2 saturated heterocycles. The second-order valence-corrected chi connectivity index (χ2v) is 13.5. The van der Waals surface area contributed by atoms with Gasteiger partial charge in [0.05, 0.1) is 17.4 Å². The van der Waals surface area contributed by atoms with Gasteiger partial charge in [0.2, 0.25) is 17.8 Å². The Labute approximate surface area is 322 Å². The number of amides is 2. The predicted molar refractivity (Wildman–Crippen MR) is 193 cm³/mol. The number of nitrogens with zero attached hydrogens (tertiary/aromatic N) is 5. The summed E-state index contributed by atoms with van der Waals surface area (Å²) in [4.78, 5) is 64.3. The smallest absolute Gasteiger partial charge is 0.370 e. The maximum absolute atomic E-state index is 13.4. The van der Waals surface area contributed by atoms with Gasteiger partial charge in [0, 0.05) is 43.1 Å². The maximum Gasteiger partial charge on any atom is 2.00 e. The van der Waals surface area contributed by atoms with Crippen molar-refractivity contribution in [3.05, 3.63) is 88.8 Å². The second kappa shape index (κ2) is 17.6. The van der Waals surface area contributed by atoms with Crippen LogP contribution in [0.3, 0.4) is 0 Å². The van der Waals surface area contributed by atoms with Gasteiger partial charge in [-0.2, -0.15) is 41.7 Å². The first-order valence-electron chi connectivity index (χ1n) is 17.7. The molecule has 0 spiro atoms. The largest absolute Gasteiger partial charge is 2.00 e. The van der Waals surface area contributed by atoms with Crippen LogP contribution >= 0.6 is 0 Å². The van der Waals surface area contributed by atoms with E-state index in [0.29, 0.717) is 35.8 Å². The van der Waals surface area contributed by atoms with Crippen molar-refractivity contribution in [2.45, 2.75) is 90.0 Å². The summed E-state index contributed by atoms with van der Waals surface area (Å²) < 4.78 is 1.73. The Morgan fingerprint density at radius 2 is 1.73 bits per heavy atom. The summed E-state index contributed by atoms with van der Waals surface area (Å²) in [6.07, 6.45) is 13.2. The number of imide groups is 1. The second-order valence-electron chi connectivity index (χ2n) is 13.5. The van der Waals surface area contributed by atoms with E-state index < -0.39 is 0 Å². The van der Waals surface area contributed by atoms with Crippen LogP contribution in [0.15, 0.2) is 53.6 Å². The Kier molecular flexibility index (Phi) is 13.2. The van der Waals surface area contributed by atoms with Gasteiger partial charge >= 0.3 is 31.1 Å². The summed E-state index contributed by atoms with van der Waals surface area (Å²) in [5.41, 5.74) is 3.29. The van der Waals surface area contributed by atoms with Crippen LogP contribution in [0, 0.1) is 56.9 Å². The fourth-order valence-corrected chi connectivity index (χ4v) is 7.48. The zero-order chi connectivity index (χ0) is 35.2. The number of carbonyl (C=O) groups excluding carboxylic acids is 3. The van der Waals surface area contributed by atoms with Crippen molar-refractivity contribution in [1.82, 2.24) is 24.8 Å². The van der Waals surface area contributed by atoms with Crippen LogP contribution in [-0.2, 0) is 9.59 Å². The van der Waals surface area contributed by atoms with Crippen LogP contribution < -0.4 is 21.1 Å². The van der Waals surface area contributed by atoms with Crippen molar-refractivity contribution in [2.75, 3.05) is 23.3 Å². The van der Waals surface area contributed by atoms with Gasteiger partial charge in [0.15, 0.2) is 5.78 Å². The average Bonchev–Trinajstić information content (AvgIpc) is 3.64. The molecular weight excluding hydrogens is 869 g/mol. The van der Waals surface area contributed by atoms with Gasteiger partial charge in [-0.15, -0.1) is 5.56 Å². The molecule has 3 aromatic heterocycles. The van der Waals surface area contributed by atoms with Crippen molar-refractivity contribution in [3.63, 3.8) is 0 Å². The molecular formula is C39H45N7O4U. The van der Waals surface area contributed by atoms with Crippen LogP contribution in [-0.4, -0.2) is 50.2 Å². The molecule has 2 amide bonds. The number of benzene rings is 1. The number of fused-ring (bicyclic) bond motifs is 1. The molecule has 1 aromatic carbocycles. The van der Waals surface area contributed by atoms with E-state index in [0.717, 1.165) is 67.7 Å². The molecule has 4 aromatic rings. The monoisotopic (exact) mass is 913 g/mol. The van der Waals surface area contributed by atoms with Gasteiger partial charge in [-0.3, -0.25) is 29.1 Å². The third-order valence-corrected chi connectivity index (χ3v) is 10.2. The Hall–Kier alpha value is -3.88. The van der Waals surface area contributed by atoms with Crippen LogP contribution in [0.25, 0.3) is 11.0 Å². The summed E-state index contributed by atoms with van der Waals surface area (Å²) >= 11 is 0. The van der Waals surface area contributed by atoms with Crippen LogP contribution in [0.4, 0.5) is 17.5 Å². The zero-order valence-electron chi connectivity index (χ0n) is 29.4. The molecule has 1 saturated carbocycles. The van der Waals surface area contributed by atoms with E-state index in [2.05, 4.69) is 44.6 Å². The quantitative estimate of drug-likeness (QED) is 0.117. The third-order valence-electron chi connectivity index (χ3n) is 10.2. The van der Waals surface area contributed by atoms with Gasteiger partial charge in [-0.05, 0) is 69.6 Å². The maximum atomic E-state index is 13.4. The number of piperidine rings is 2. The Bertz CT molecular complexity index is 1900. The van der Waals surface area contributed by atoms with Crippen molar-refractivity contribution in [3.8, 4) is 0 Å². The number of carbonyl (C=O) groups is 3. The first-order chi connectivity index (χ1) is 24.2. The molecule has 3 aliphatic rings. The topological polar surface area (TPSA) is 139 Å². The number of aryl methyl sites for hydroxylation is 1. The number of rotatable bonds is 8. The SMILES string of the molecule is O=C1CCC(c2cc[c-]cc2)C(=O)N1.[CH2-]CCC1CCN(c2ccc(Nc3ncc4c(C)c(C(C)=O)c(=O)n(C5CCCC5)c4n3)nc2)CC1.[U+2]. The molecule has 7 rings (SSSR count). The Morgan fingerprint density at radius 3 is 2.35 bits per heavy atom. The van der Waals surface area contributed by atoms with Crippen LogP contribution in [0.1, 0.15) is 105 Å². The van der Waals surface area contributed by atoms with Gasteiger partial charge in [0.1, 0.15) is 11.5 Å². The van der Waals surface area contributed by atoms with E-state index in [1.807, 2.05) is 24.4 Å². The summed E-state index contributed by atoms with van der Waals surface area (Å²) in [6.45, 7) is 9.34. The fraction of sp³-hybridized carbons (Fsp3) is 0.436. The molecule has 3 fully saturated rings. The molecule has 2 N–H and O–H groups in total. The summed E-state index contributed by atoms with van der Waals surface area (Å²) in [5, 5.41) is 6.28. The van der Waals surface area contributed by atoms with Gasteiger partial charge < -0.3 is 17.1 Å². The minimum atomic E-state index is -0.245. The molecule has 51 heavy (non-hydrogen) atoms. The molecule has 264 valence electrons. The number of nitrogens with one attached hydrogen (secondary N) is 2. The predicted octanol–water partition coefficient (Wildman–Crippen LogP) is 6.39. The number of anilines is 3. The fourth-order valence-electron chi connectivity index (χ4n) is 7.48. The van der Waals surface area contributed by atoms with Crippen molar-refractivity contribution >= 4 is 46.1 Å². The normalized spacial score (nSPS) is 18.1. The van der Waals surface area contributed by atoms with Crippen molar-refractivity contribution in [2.24, 2.45) is 5.92 Å². The molecule has 1 atom stereocenters. The number of hydrogen-bond donors (Lipinski definition) is 2. The Balaban J connectivity index is 0.000000282. The number of ketones is 1. The molecule has 0 bridgehead atoms. The summed E-state index contributed by atoms with van der Waals surface area (Å²) in [5.74, 6) is 1.07. The molecule has 1 unspecified atom stereocenters. The van der Waals surface area contributed by atoms with E-state index in [4.69, 9.17) is 4.98 Å². The van der Waals surface area contributed by atoms with Crippen molar-refractivity contribution < 1.29 is 45.5 Å². The van der Waals surface area contributed by atoms with E-state index in [-0.39, 0.29) is 71.8 Å². The van der Waals surface area contributed by atoms with Crippen LogP contribution in [0.5, 0.6) is 0 Å². The van der Waals surface area contributed by atoms with E-state index >= 15 is 0 Å². The summed E-state index contributed by atoms with van der Waals surface area (Å²) in [6, 6.07) is 14.2.